The van der Waals surface area contributed by atoms with Gasteiger partial charge < -0.3 is 34.9 Å². The summed E-state index contributed by atoms with van der Waals surface area (Å²) in [7, 11) is 1.77. The highest BCUT2D eigenvalue weighted by molar-refractivity contribution is 5.93. The Balaban J connectivity index is 0.00000169. The predicted octanol–water partition coefficient (Wildman–Crippen LogP) is -3.58. The minimum atomic E-state index is -0.506. The lowest BCUT2D eigenvalue weighted by Crippen LogP contribution is -3.00. The Morgan fingerprint density at radius 3 is 2.86 bits per heavy atom. The maximum absolute atomic E-state index is 10.8. The molecule has 5 nitrogen and oxygen atoms in total. The molecule has 6 heteroatoms. The summed E-state index contributed by atoms with van der Waals surface area (Å²) in [4.78, 5) is 10.8. The highest BCUT2D eigenvalue weighted by atomic mass is 127. The van der Waals surface area contributed by atoms with Crippen LogP contribution in [0.15, 0.2) is 23.5 Å². The first-order valence-corrected chi connectivity index (χ1v) is 3.62. The lowest BCUT2D eigenvalue weighted by Gasteiger charge is -1.95. The SMILES string of the molecule is C[n+]1ccc(C(N)=O)cc1/C=N\O.[I-]. The molecule has 1 aromatic rings. The summed E-state index contributed by atoms with van der Waals surface area (Å²) in [6, 6.07) is 3.14. The molecule has 1 amide bonds. The van der Waals surface area contributed by atoms with Crippen LogP contribution >= 0.6 is 0 Å². The normalized spacial score (nSPS) is 9.79. The van der Waals surface area contributed by atoms with Crippen molar-refractivity contribution in [2.75, 3.05) is 0 Å². The monoisotopic (exact) mass is 307 g/mol. The van der Waals surface area contributed by atoms with E-state index in [1.807, 2.05) is 0 Å². The first kappa shape index (κ1) is 12.8. The fraction of sp³-hybridized carbons (Fsp3) is 0.125. The molecule has 1 heterocycles. The van der Waals surface area contributed by atoms with Gasteiger partial charge in [-0.3, -0.25) is 4.79 Å². The molecule has 3 N–H and O–H groups in total. The van der Waals surface area contributed by atoms with Gasteiger partial charge in [-0.2, -0.15) is 0 Å². The van der Waals surface area contributed by atoms with E-state index in [0.717, 1.165) is 0 Å². The van der Waals surface area contributed by atoms with Crippen molar-refractivity contribution in [2.24, 2.45) is 17.9 Å². The number of hydrogen-bond donors (Lipinski definition) is 2. The number of primary amides is 1. The molecule has 1 rings (SSSR count). The molecule has 14 heavy (non-hydrogen) atoms. The molecule has 0 aliphatic heterocycles. The van der Waals surface area contributed by atoms with E-state index in [9.17, 15) is 4.79 Å². The number of carbonyl (C=O) groups is 1. The van der Waals surface area contributed by atoms with E-state index in [-0.39, 0.29) is 24.0 Å². The van der Waals surface area contributed by atoms with Crippen LogP contribution in [0.2, 0.25) is 0 Å². The largest absolute Gasteiger partial charge is 1.00 e. The molecular weight excluding hydrogens is 297 g/mol. The molecule has 0 bridgehead atoms. The van der Waals surface area contributed by atoms with Gasteiger partial charge in [0.05, 0.1) is 5.56 Å². The van der Waals surface area contributed by atoms with Gasteiger partial charge in [-0.1, -0.05) is 5.16 Å². The fourth-order valence-corrected chi connectivity index (χ4v) is 0.928. The maximum Gasteiger partial charge on any atom is 0.249 e. The molecule has 1 aromatic heterocycles. The molecule has 0 atom stereocenters. The maximum atomic E-state index is 10.8. The number of carbonyl (C=O) groups excluding carboxylic acids is 1. The van der Waals surface area contributed by atoms with Crippen LogP contribution in [-0.2, 0) is 7.05 Å². The van der Waals surface area contributed by atoms with Crippen LogP contribution in [0.5, 0.6) is 0 Å². The number of oxime groups is 1. The highest BCUT2D eigenvalue weighted by Gasteiger charge is 2.08. The van der Waals surface area contributed by atoms with E-state index in [1.54, 1.807) is 29.9 Å². The van der Waals surface area contributed by atoms with Gasteiger partial charge in [0.2, 0.25) is 11.6 Å². The van der Waals surface area contributed by atoms with Gasteiger partial charge in [0, 0.05) is 12.1 Å². The average molecular weight is 307 g/mol. The van der Waals surface area contributed by atoms with Gasteiger partial charge in [0.15, 0.2) is 6.20 Å². The van der Waals surface area contributed by atoms with E-state index in [2.05, 4.69) is 5.16 Å². The van der Waals surface area contributed by atoms with Crippen molar-refractivity contribution in [3.63, 3.8) is 0 Å². The third-order valence-electron chi connectivity index (χ3n) is 1.66. The van der Waals surface area contributed by atoms with E-state index < -0.39 is 5.91 Å². The van der Waals surface area contributed by atoms with Gasteiger partial charge in [-0.05, 0) is 0 Å². The topological polar surface area (TPSA) is 79.6 Å². The van der Waals surface area contributed by atoms with Gasteiger partial charge in [-0.25, -0.2) is 4.57 Å². The summed E-state index contributed by atoms with van der Waals surface area (Å²) in [5.41, 5.74) is 6.05. The first-order valence-electron chi connectivity index (χ1n) is 3.62. The van der Waals surface area contributed by atoms with Crippen molar-refractivity contribution in [3.8, 4) is 0 Å². The lowest BCUT2D eigenvalue weighted by atomic mass is 10.2. The molecule has 0 unspecified atom stereocenters. The Morgan fingerprint density at radius 1 is 1.71 bits per heavy atom. The van der Waals surface area contributed by atoms with Crippen molar-refractivity contribution in [1.82, 2.24) is 0 Å². The second-order valence-electron chi connectivity index (χ2n) is 2.56. The van der Waals surface area contributed by atoms with E-state index >= 15 is 0 Å². The van der Waals surface area contributed by atoms with Crippen molar-refractivity contribution in [2.45, 2.75) is 0 Å². The minimum Gasteiger partial charge on any atom is -1.00 e. The van der Waals surface area contributed by atoms with Gasteiger partial charge >= 0.3 is 0 Å². The molecule has 0 radical (unpaired) electrons. The molecule has 0 aliphatic rings. The smallest absolute Gasteiger partial charge is 0.249 e. The zero-order valence-corrected chi connectivity index (χ0v) is 9.67. The summed E-state index contributed by atoms with van der Waals surface area (Å²) in [5, 5.41) is 11.2. The summed E-state index contributed by atoms with van der Waals surface area (Å²) in [5.74, 6) is -0.506. The Hall–Kier alpha value is -1.18. The van der Waals surface area contributed by atoms with Gasteiger partial charge in [0.25, 0.3) is 0 Å². The third kappa shape index (κ3) is 2.95. The van der Waals surface area contributed by atoms with Crippen molar-refractivity contribution in [3.05, 3.63) is 29.6 Å². The summed E-state index contributed by atoms with van der Waals surface area (Å²) in [6.45, 7) is 0. The minimum absolute atomic E-state index is 0. The van der Waals surface area contributed by atoms with Crippen LogP contribution in [0.3, 0.4) is 0 Å². The molecule has 0 saturated carbocycles. The van der Waals surface area contributed by atoms with E-state index in [1.165, 1.54) is 6.21 Å². The van der Waals surface area contributed by atoms with Gasteiger partial charge in [-0.15, -0.1) is 0 Å². The highest BCUT2D eigenvalue weighted by Crippen LogP contribution is 1.96. The molecule has 0 spiro atoms. The van der Waals surface area contributed by atoms with Crippen LogP contribution in [0.1, 0.15) is 16.1 Å². The Kier molecular flexibility index (Phi) is 5.06. The van der Waals surface area contributed by atoms with E-state index in [0.29, 0.717) is 11.3 Å². The number of nitrogens with zero attached hydrogens (tertiary/aromatic N) is 2. The summed E-state index contributed by atoms with van der Waals surface area (Å²) < 4.78 is 1.70. The second-order valence-corrected chi connectivity index (χ2v) is 2.56. The molecule has 0 aliphatic carbocycles. The second kappa shape index (κ2) is 5.53. The number of hydrogen-bond acceptors (Lipinski definition) is 3. The average Bonchev–Trinajstić information content (AvgIpc) is 2.08. The van der Waals surface area contributed by atoms with Crippen LogP contribution in [-0.4, -0.2) is 17.3 Å². The zero-order valence-electron chi connectivity index (χ0n) is 7.51. The van der Waals surface area contributed by atoms with Crippen molar-refractivity contribution in [1.29, 1.82) is 0 Å². The van der Waals surface area contributed by atoms with Crippen molar-refractivity contribution < 1.29 is 38.5 Å². The Labute approximate surface area is 98.2 Å². The number of pyridine rings is 1. The Bertz CT molecular complexity index is 366. The zero-order chi connectivity index (χ0) is 9.84. The number of aryl methyl sites for hydroxylation is 1. The first-order chi connectivity index (χ1) is 6.15. The summed E-state index contributed by atoms with van der Waals surface area (Å²) in [6.07, 6.45) is 2.89. The molecule has 0 saturated heterocycles. The van der Waals surface area contributed by atoms with Crippen molar-refractivity contribution >= 4 is 12.1 Å². The molecule has 76 valence electrons. The quantitative estimate of drug-likeness (QED) is 0.195. The van der Waals surface area contributed by atoms with E-state index in [4.69, 9.17) is 10.9 Å². The predicted molar refractivity (Wildman–Crippen MR) is 45.5 cm³/mol. The number of halogens is 1. The number of nitrogens with two attached hydrogens (primary N) is 1. The number of amides is 1. The van der Waals surface area contributed by atoms with Crippen LogP contribution in [0, 0.1) is 0 Å². The fourth-order valence-electron chi connectivity index (χ4n) is 0.928. The van der Waals surface area contributed by atoms with Crippen LogP contribution in [0.25, 0.3) is 0 Å². The molecular formula is C8H10IN3O2. The summed E-state index contributed by atoms with van der Waals surface area (Å²) >= 11 is 0. The standard InChI is InChI=1S/C8H9N3O2.HI/c1-11-3-2-6(8(9)12)4-7(11)5-10-13;/h2-5H,1H3,(H2,9,12);1H. The third-order valence-corrected chi connectivity index (χ3v) is 1.66. The van der Waals surface area contributed by atoms with Gasteiger partial charge in [0.1, 0.15) is 13.3 Å². The number of aromatic nitrogens is 1. The number of rotatable bonds is 2. The Morgan fingerprint density at radius 2 is 2.36 bits per heavy atom. The molecule has 0 fully saturated rings. The van der Waals surface area contributed by atoms with Crippen LogP contribution < -0.4 is 34.3 Å². The molecule has 0 aromatic carbocycles. The lowest BCUT2D eigenvalue weighted by molar-refractivity contribution is -0.672. The van der Waals surface area contributed by atoms with Crippen LogP contribution in [0.4, 0.5) is 0 Å².